The van der Waals surface area contributed by atoms with Gasteiger partial charge in [-0.15, -0.1) is 0 Å². The minimum atomic E-state index is -4.51. The largest absolute Gasteiger partial charge is 0.465 e. The summed E-state index contributed by atoms with van der Waals surface area (Å²) < 4.78 is 46.2. The predicted octanol–water partition coefficient (Wildman–Crippen LogP) is 6.87. The second-order valence-corrected chi connectivity index (χ2v) is 8.89. The highest BCUT2D eigenvalue weighted by Crippen LogP contribution is 2.36. The lowest BCUT2D eigenvalue weighted by molar-refractivity contribution is -0.137. The number of aromatic nitrogens is 1. The average molecular weight is 530 g/mol. The van der Waals surface area contributed by atoms with Gasteiger partial charge >= 0.3 is 12.1 Å². The van der Waals surface area contributed by atoms with Crippen molar-refractivity contribution in [3.05, 3.63) is 94.1 Å². The van der Waals surface area contributed by atoms with Crippen molar-refractivity contribution in [1.82, 2.24) is 9.88 Å². The van der Waals surface area contributed by atoms with Crippen LogP contribution >= 0.6 is 11.6 Å². The number of rotatable bonds is 6. The molecule has 0 radical (unpaired) electrons. The zero-order chi connectivity index (χ0) is 26.9. The van der Waals surface area contributed by atoms with E-state index in [4.69, 9.17) is 16.3 Å². The Balaban J connectivity index is 1.70. The van der Waals surface area contributed by atoms with Crippen molar-refractivity contribution in [1.29, 1.82) is 0 Å². The van der Waals surface area contributed by atoms with Crippen LogP contribution in [0.4, 0.5) is 24.5 Å². The second kappa shape index (κ2) is 10.2. The minimum absolute atomic E-state index is 0.178. The molecule has 0 saturated heterocycles. The van der Waals surface area contributed by atoms with Gasteiger partial charge in [0.05, 0.1) is 35.5 Å². The Morgan fingerprint density at radius 1 is 1.03 bits per heavy atom. The molecule has 1 atom stereocenters. The molecular formula is C27H23ClF3N3O3. The maximum absolute atomic E-state index is 13.5. The van der Waals surface area contributed by atoms with Crippen molar-refractivity contribution in [3.63, 3.8) is 0 Å². The third-order valence-electron chi connectivity index (χ3n) is 6.02. The van der Waals surface area contributed by atoms with E-state index in [1.165, 1.54) is 19.2 Å². The summed E-state index contributed by atoms with van der Waals surface area (Å²) in [4.78, 5) is 25.2. The highest BCUT2D eigenvalue weighted by Gasteiger charge is 2.31. The molecule has 0 bridgehead atoms. The zero-order valence-electron chi connectivity index (χ0n) is 20.1. The number of methoxy groups -OCH3 is 1. The predicted molar refractivity (Wildman–Crippen MR) is 136 cm³/mol. The van der Waals surface area contributed by atoms with E-state index >= 15 is 0 Å². The summed E-state index contributed by atoms with van der Waals surface area (Å²) in [6, 6.07) is 16.0. The van der Waals surface area contributed by atoms with E-state index in [9.17, 15) is 22.8 Å². The zero-order valence-corrected chi connectivity index (χ0v) is 20.9. The molecule has 1 aromatic heterocycles. The fourth-order valence-corrected chi connectivity index (χ4v) is 4.26. The van der Waals surface area contributed by atoms with Gasteiger partial charge < -0.3 is 19.9 Å². The maximum atomic E-state index is 13.5. The average Bonchev–Trinajstić information content (AvgIpc) is 3.13. The number of hydrogen-bond acceptors (Lipinski definition) is 4. The first kappa shape index (κ1) is 26.1. The highest BCUT2D eigenvalue weighted by atomic mass is 35.5. The second-order valence-electron chi connectivity index (χ2n) is 8.46. The van der Waals surface area contributed by atoms with Gasteiger partial charge in [0.1, 0.15) is 5.69 Å². The van der Waals surface area contributed by atoms with Gasteiger partial charge in [-0.2, -0.15) is 13.2 Å². The monoisotopic (exact) mass is 529 g/mol. The van der Waals surface area contributed by atoms with Gasteiger partial charge in [-0.1, -0.05) is 29.8 Å². The van der Waals surface area contributed by atoms with Crippen molar-refractivity contribution in [3.8, 4) is 0 Å². The summed E-state index contributed by atoms with van der Waals surface area (Å²) in [6.07, 6.45) is -4.51. The fraction of sp³-hybridized carbons (Fsp3) is 0.185. The molecule has 0 spiro atoms. The number of nitrogens with zero attached hydrogens (tertiary/aromatic N) is 1. The summed E-state index contributed by atoms with van der Waals surface area (Å²) >= 11 is 6.18. The Morgan fingerprint density at radius 3 is 2.38 bits per heavy atom. The lowest BCUT2D eigenvalue weighted by Gasteiger charge is -2.17. The topological polar surface area (TPSA) is 72.4 Å². The number of halogens is 4. The Bertz CT molecular complexity index is 1480. The van der Waals surface area contributed by atoms with Gasteiger partial charge in [0.2, 0.25) is 0 Å². The van der Waals surface area contributed by atoms with Crippen LogP contribution in [0.2, 0.25) is 5.02 Å². The molecule has 10 heteroatoms. The SMILES string of the molecule is COC(=O)c1ccc(C(C)NC(=O)c2c(Nc3cccc(C(F)(F)F)c3)c3ccc(Cl)cc3n2C)cc1. The summed E-state index contributed by atoms with van der Waals surface area (Å²) in [5, 5.41) is 7.00. The molecule has 4 aromatic rings. The molecule has 37 heavy (non-hydrogen) atoms. The van der Waals surface area contributed by atoms with Crippen LogP contribution in [0.15, 0.2) is 66.7 Å². The van der Waals surface area contributed by atoms with Gasteiger partial charge in [0, 0.05) is 23.1 Å². The molecule has 0 fully saturated rings. The normalized spacial score (nSPS) is 12.3. The minimum Gasteiger partial charge on any atom is -0.465 e. The Labute approximate surface area is 216 Å². The van der Waals surface area contributed by atoms with Gasteiger partial charge in [-0.25, -0.2) is 4.79 Å². The number of alkyl halides is 3. The molecule has 1 amide bonds. The van der Waals surface area contributed by atoms with Crippen LogP contribution in [-0.4, -0.2) is 23.6 Å². The van der Waals surface area contributed by atoms with Gasteiger partial charge in [-0.3, -0.25) is 4.79 Å². The number of hydrogen-bond donors (Lipinski definition) is 2. The molecule has 0 saturated carbocycles. The van der Waals surface area contributed by atoms with E-state index in [1.54, 1.807) is 61.0 Å². The van der Waals surface area contributed by atoms with Crippen LogP contribution in [-0.2, 0) is 18.0 Å². The summed E-state index contributed by atoms with van der Waals surface area (Å²) in [7, 11) is 2.97. The van der Waals surface area contributed by atoms with Crippen molar-refractivity contribution in [2.75, 3.05) is 12.4 Å². The molecule has 1 unspecified atom stereocenters. The van der Waals surface area contributed by atoms with Crippen molar-refractivity contribution < 1.29 is 27.5 Å². The molecule has 0 aliphatic carbocycles. The van der Waals surface area contributed by atoms with E-state index in [0.29, 0.717) is 27.2 Å². The summed E-state index contributed by atoms with van der Waals surface area (Å²) in [6.45, 7) is 1.78. The van der Waals surface area contributed by atoms with E-state index in [1.807, 2.05) is 0 Å². The van der Waals surface area contributed by atoms with E-state index in [-0.39, 0.29) is 11.4 Å². The number of carbonyl (C=O) groups excluding carboxylic acids is 2. The number of esters is 1. The van der Waals surface area contributed by atoms with E-state index < -0.39 is 29.7 Å². The number of anilines is 2. The van der Waals surface area contributed by atoms with Crippen molar-refractivity contribution >= 4 is 45.8 Å². The number of nitrogens with one attached hydrogen (secondary N) is 2. The third-order valence-corrected chi connectivity index (χ3v) is 6.25. The Hall–Kier alpha value is -3.98. The van der Waals surface area contributed by atoms with Gasteiger partial charge in [-0.05, 0) is 61.0 Å². The number of benzene rings is 3. The molecular weight excluding hydrogens is 507 g/mol. The molecule has 192 valence electrons. The molecule has 4 rings (SSSR count). The molecule has 0 aliphatic heterocycles. The maximum Gasteiger partial charge on any atom is 0.416 e. The molecule has 6 nitrogen and oxygen atoms in total. The quantitative estimate of drug-likeness (QED) is 0.267. The van der Waals surface area contributed by atoms with Crippen molar-refractivity contribution in [2.45, 2.75) is 19.1 Å². The summed E-state index contributed by atoms with van der Waals surface area (Å²) in [5.74, 6) is -0.920. The number of fused-ring (bicyclic) bond motifs is 1. The lowest BCUT2D eigenvalue weighted by atomic mass is 10.1. The third kappa shape index (κ3) is 5.41. The van der Waals surface area contributed by atoms with Crippen LogP contribution < -0.4 is 10.6 Å². The van der Waals surface area contributed by atoms with Crippen molar-refractivity contribution in [2.24, 2.45) is 7.05 Å². The molecule has 3 aromatic carbocycles. The van der Waals surface area contributed by atoms with Crippen LogP contribution in [0.5, 0.6) is 0 Å². The first-order valence-electron chi connectivity index (χ1n) is 11.2. The van der Waals surface area contributed by atoms with Crippen LogP contribution in [0.3, 0.4) is 0 Å². The molecule has 0 aliphatic rings. The number of aryl methyl sites for hydroxylation is 1. The first-order valence-corrected chi connectivity index (χ1v) is 11.6. The number of ether oxygens (including phenoxy) is 1. The highest BCUT2D eigenvalue weighted by molar-refractivity contribution is 6.31. The van der Waals surface area contributed by atoms with Crippen LogP contribution in [0.1, 0.15) is 44.9 Å². The molecule has 2 N–H and O–H groups in total. The molecule has 1 heterocycles. The lowest BCUT2D eigenvalue weighted by Crippen LogP contribution is -2.29. The standard InChI is InChI=1S/C27H23ClF3N3O3/c1-15(16-7-9-17(10-8-16)26(36)37-3)32-25(35)24-23(21-12-11-19(28)14-22(21)34(24)2)33-20-6-4-5-18(13-20)27(29,30)31/h4-15,33H,1-3H3,(H,32,35). The summed E-state index contributed by atoms with van der Waals surface area (Å²) in [5.41, 5.74) is 1.68. The number of carbonyl (C=O) groups is 2. The van der Waals surface area contributed by atoms with E-state index in [0.717, 1.165) is 17.7 Å². The van der Waals surface area contributed by atoms with Gasteiger partial charge in [0.15, 0.2) is 0 Å². The first-order chi connectivity index (χ1) is 17.5. The van der Waals surface area contributed by atoms with Crippen LogP contribution in [0, 0.1) is 0 Å². The Kier molecular flexibility index (Phi) is 7.18. The Morgan fingerprint density at radius 2 is 1.73 bits per heavy atom. The van der Waals surface area contributed by atoms with Crippen LogP contribution in [0.25, 0.3) is 10.9 Å². The smallest absolute Gasteiger partial charge is 0.416 e. The van der Waals surface area contributed by atoms with E-state index in [2.05, 4.69) is 10.6 Å². The van der Waals surface area contributed by atoms with Gasteiger partial charge in [0.25, 0.3) is 5.91 Å². The number of amides is 1. The fourth-order valence-electron chi connectivity index (χ4n) is 4.09.